The predicted molar refractivity (Wildman–Crippen MR) is 69.7 cm³/mol. The average Bonchev–Trinajstić information content (AvgIpc) is 2.40. The molecule has 1 aromatic heterocycles. The standard InChI is InChI=1S/C12H10N4O3/c13-10-4-3-8(6-11(10)16(18)19)12(17)15-9-2-1-5-14-7-9/h1-7H,13H2,(H,15,17). The van der Waals surface area contributed by atoms with Crippen LogP contribution in [-0.4, -0.2) is 15.8 Å². The molecule has 0 spiro atoms. The first-order chi connectivity index (χ1) is 9.08. The van der Waals surface area contributed by atoms with E-state index >= 15 is 0 Å². The van der Waals surface area contributed by atoms with E-state index in [-0.39, 0.29) is 16.9 Å². The molecule has 0 bridgehead atoms. The summed E-state index contributed by atoms with van der Waals surface area (Å²) in [4.78, 5) is 25.9. The van der Waals surface area contributed by atoms with E-state index in [1.807, 2.05) is 0 Å². The Morgan fingerprint density at radius 3 is 2.79 bits per heavy atom. The van der Waals surface area contributed by atoms with Crippen LogP contribution in [0.1, 0.15) is 10.4 Å². The molecule has 19 heavy (non-hydrogen) atoms. The zero-order chi connectivity index (χ0) is 13.8. The number of amides is 1. The van der Waals surface area contributed by atoms with Crippen LogP contribution in [0.3, 0.4) is 0 Å². The second-order valence-corrected chi connectivity index (χ2v) is 3.73. The molecule has 7 nitrogen and oxygen atoms in total. The van der Waals surface area contributed by atoms with Crippen LogP contribution in [0.2, 0.25) is 0 Å². The Hall–Kier alpha value is -2.96. The lowest BCUT2D eigenvalue weighted by Gasteiger charge is -2.05. The predicted octanol–water partition coefficient (Wildman–Crippen LogP) is 1.82. The highest BCUT2D eigenvalue weighted by Crippen LogP contribution is 2.22. The molecule has 2 rings (SSSR count). The third-order valence-electron chi connectivity index (χ3n) is 2.41. The molecule has 3 N–H and O–H groups in total. The van der Waals surface area contributed by atoms with E-state index in [4.69, 9.17) is 5.73 Å². The number of carbonyl (C=O) groups excluding carboxylic acids is 1. The van der Waals surface area contributed by atoms with Crippen molar-refractivity contribution < 1.29 is 9.72 Å². The number of hydrogen-bond donors (Lipinski definition) is 2. The van der Waals surface area contributed by atoms with Gasteiger partial charge in [-0.3, -0.25) is 19.9 Å². The number of nitrogens with one attached hydrogen (secondary N) is 1. The van der Waals surface area contributed by atoms with Crippen molar-refractivity contribution in [3.63, 3.8) is 0 Å². The molecule has 0 unspecified atom stereocenters. The van der Waals surface area contributed by atoms with Crippen molar-refractivity contribution in [2.45, 2.75) is 0 Å². The minimum atomic E-state index is -0.629. The smallest absolute Gasteiger partial charge is 0.292 e. The number of nitrogens with zero attached hydrogens (tertiary/aromatic N) is 2. The van der Waals surface area contributed by atoms with Gasteiger partial charge in [-0.05, 0) is 24.3 Å². The maximum absolute atomic E-state index is 11.9. The summed E-state index contributed by atoms with van der Waals surface area (Å²) in [7, 11) is 0. The third kappa shape index (κ3) is 2.83. The number of anilines is 2. The number of nitro groups is 1. The monoisotopic (exact) mass is 258 g/mol. The molecule has 0 aliphatic carbocycles. The zero-order valence-corrected chi connectivity index (χ0v) is 9.74. The van der Waals surface area contributed by atoms with Gasteiger partial charge in [0.15, 0.2) is 0 Å². The number of nitrogens with two attached hydrogens (primary N) is 1. The number of nitrogen functional groups attached to an aromatic ring is 1. The van der Waals surface area contributed by atoms with Gasteiger partial charge >= 0.3 is 0 Å². The molecule has 1 heterocycles. The summed E-state index contributed by atoms with van der Waals surface area (Å²) in [5, 5.41) is 13.3. The fourth-order valence-electron chi connectivity index (χ4n) is 1.48. The Morgan fingerprint density at radius 1 is 1.37 bits per heavy atom. The van der Waals surface area contributed by atoms with Crippen LogP contribution in [0.15, 0.2) is 42.7 Å². The zero-order valence-electron chi connectivity index (χ0n) is 9.74. The van der Waals surface area contributed by atoms with Crippen molar-refractivity contribution in [1.29, 1.82) is 0 Å². The van der Waals surface area contributed by atoms with Crippen molar-refractivity contribution in [2.24, 2.45) is 0 Å². The third-order valence-corrected chi connectivity index (χ3v) is 2.41. The molecule has 0 aliphatic heterocycles. The van der Waals surface area contributed by atoms with Gasteiger partial charge in [0.05, 0.1) is 16.8 Å². The molecule has 0 fully saturated rings. The fourth-order valence-corrected chi connectivity index (χ4v) is 1.48. The van der Waals surface area contributed by atoms with Crippen LogP contribution >= 0.6 is 0 Å². The molecule has 0 saturated heterocycles. The number of pyridine rings is 1. The van der Waals surface area contributed by atoms with Crippen LogP contribution in [0, 0.1) is 10.1 Å². The summed E-state index contributed by atoms with van der Waals surface area (Å²) in [6.07, 6.45) is 3.05. The number of carbonyl (C=O) groups is 1. The van der Waals surface area contributed by atoms with E-state index in [1.165, 1.54) is 18.3 Å². The highest BCUT2D eigenvalue weighted by atomic mass is 16.6. The Kier molecular flexibility index (Phi) is 3.37. The lowest BCUT2D eigenvalue weighted by molar-refractivity contribution is -0.383. The summed E-state index contributed by atoms with van der Waals surface area (Å²) < 4.78 is 0. The van der Waals surface area contributed by atoms with Gasteiger partial charge in [0, 0.05) is 17.8 Å². The fraction of sp³-hybridized carbons (Fsp3) is 0. The molecule has 7 heteroatoms. The number of rotatable bonds is 3. The molecule has 1 aromatic carbocycles. The van der Waals surface area contributed by atoms with Crippen molar-refractivity contribution in [3.8, 4) is 0 Å². The van der Waals surface area contributed by atoms with E-state index in [0.717, 1.165) is 6.07 Å². The minimum absolute atomic E-state index is 0.0166. The summed E-state index contributed by atoms with van der Waals surface area (Å²) in [6.45, 7) is 0. The molecule has 0 aliphatic rings. The van der Waals surface area contributed by atoms with Gasteiger partial charge in [-0.25, -0.2) is 0 Å². The first kappa shape index (κ1) is 12.5. The largest absolute Gasteiger partial charge is 0.393 e. The Morgan fingerprint density at radius 2 is 2.16 bits per heavy atom. The lowest BCUT2D eigenvalue weighted by atomic mass is 10.1. The van der Waals surface area contributed by atoms with Gasteiger partial charge in [-0.15, -0.1) is 0 Å². The van der Waals surface area contributed by atoms with Crippen LogP contribution in [0.4, 0.5) is 17.1 Å². The summed E-state index contributed by atoms with van der Waals surface area (Å²) >= 11 is 0. The molecule has 0 atom stereocenters. The van der Waals surface area contributed by atoms with Gasteiger partial charge < -0.3 is 11.1 Å². The van der Waals surface area contributed by atoms with E-state index in [2.05, 4.69) is 10.3 Å². The first-order valence-electron chi connectivity index (χ1n) is 5.33. The topological polar surface area (TPSA) is 111 Å². The molecular weight excluding hydrogens is 248 g/mol. The molecular formula is C12H10N4O3. The summed E-state index contributed by atoms with van der Waals surface area (Å²) in [6, 6.07) is 7.23. The van der Waals surface area contributed by atoms with Crippen LogP contribution in [-0.2, 0) is 0 Å². The van der Waals surface area contributed by atoms with Gasteiger partial charge in [-0.1, -0.05) is 0 Å². The maximum atomic E-state index is 11.9. The van der Waals surface area contributed by atoms with Crippen molar-refractivity contribution in [1.82, 2.24) is 4.98 Å². The molecule has 0 saturated carbocycles. The maximum Gasteiger partial charge on any atom is 0.292 e. The average molecular weight is 258 g/mol. The molecule has 1 amide bonds. The summed E-state index contributed by atoms with van der Waals surface area (Å²) in [5.74, 6) is -0.462. The molecule has 0 radical (unpaired) electrons. The van der Waals surface area contributed by atoms with E-state index in [9.17, 15) is 14.9 Å². The second kappa shape index (κ2) is 5.13. The van der Waals surface area contributed by atoms with Crippen molar-refractivity contribution in [3.05, 3.63) is 58.4 Å². The number of benzene rings is 1. The number of nitro benzene ring substituents is 1. The van der Waals surface area contributed by atoms with Gasteiger partial charge in [0.1, 0.15) is 5.69 Å². The Bertz CT molecular complexity index is 628. The van der Waals surface area contributed by atoms with Gasteiger partial charge in [0.25, 0.3) is 11.6 Å². The first-order valence-corrected chi connectivity index (χ1v) is 5.33. The highest BCUT2D eigenvalue weighted by Gasteiger charge is 2.15. The van der Waals surface area contributed by atoms with Gasteiger partial charge in [-0.2, -0.15) is 0 Å². The number of aromatic nitrogens is 1. The quantitative estimate of drug-likeness (QED) is 0.495. The highest BCUT2D eigenvalue weighted by molar-refractivity contribution is 6.04. The molecule has 96 valence electrons. The normalized spacial score (nSPS) is 9.89. The van der Waals surface area contributed by atoms with Crippen LogP contribution in [0.5, 0.6) is 0 Å². The minimum Gasteiger partial charge on any atom is -0.393 e. The van der Waals surface area contributed by atoms with Crippen molar-refractivity contribution >= 4 is 23.0 Å². The Balaban J connectivity index is 2.25. The lowest BCUT2D eigenvalue weighted by Crippen LogP contribution is -2.12. The van der Waals surface area contributed by atoms with Crippen molar-refractivity contribution in [2.75, 3.05) is 11.1 Å². The second-order valence-electron chi connectivity index (χ2n) is 3.73. The van der Waals surface area contributed by atoms with Crippen LogP contribution < -0.4 is 11.1 Å². The number of hydrogen-bond acceptors (Lipinski definition) is 5. The SMILES string of the molecule is Nc1ccc(C(=O)Nc2cccnc2)cc1[N+](=O)[O-]. The van der Waals surface area contributed by atoms with Crippen LogP contribution in [0.25, 0.3) is 0 Å². The summed E-state index contributed by atoms with van der Waals surface area (Å²) in [5.41, 5.74) is 5.85. The Labute approximate surface area is 108 Å². The van der Waals surface area contributed by atoms with E-state index in [1.54, 1.807) is 18.3 Å². The van der Waals surface area contributed by atoms with Gasteiger partial charge in [0.2, 0.25) is 0 Å². The molecule has 2 aromatic rings. The van der Waals surface area contributed by atoms with E-state index in [0.29, 0.717) is 5.69 Å². The van der Waals surface area contributed by atoms with E-state index < -0.39 is 10.8 Å².